The van der Waals surface area contributed by atoms with Gasteiger partial charge in [0.25, 0.3) is 0 Å². The van der Waals surface area contributed by atoms with E-state index in [9.17, 15) is 4.79 Å². The number of anilines is 2. The lowest BCUT2D eigenvalue weighted by molar-refractivity contribution is -0.117. The quantitative estimate of drug-likeness (QED) is 0.863. The summed E-state index contributed by atoms with van der Waals surface area (Å²) in [6.07, 6.45) is 1.15. The molecular formula is C16H15ClN2O. The minimum absolute atomic E-state index is 0.0368. The molecule has 1 heterocycles. The standard InChI is InChI=1S/C16H15ClN2O/c17-13-6-2-1-4-12(13)10-15(20)19-9-8-11-5-3-7-14(18)16(11)19/h1-7H,8-10,18H2. The van der Waals surface area contributed by atoms with Crippen molar-refractivity contribution in [3.8, 4) is 0 Å². The molecule has 0 unspecified atom stereocenters. The molecule has 3 rings (SSSR count). The van der Waals surface area contributed by atoms with Crippen LogP contribution in [-0.2, 0) is 17.6 Å². The highest BCUT2D eigenvalue weighted by atomic mass is 35.5. The van der Waals surface area contributed by atoms with Gasteiger partial charge in [-0.3, -0.25) is 4.79 Å². The second-order valence-electron chi connectivity index (χ2n) is 4.92. The summed E-state index contributed by atoms with van der Waals surface area (Å²) < 4.78 is 0. The maximum absolute atomic E-state index is 12.5. The van der Waals surface area contributed by atoms with Crippen molar-refractivity contribution in [3.63, 3.8) is 0 Å². The molecule has 4 heteroatoms. The maximum atomic E-state index is 12.5. The van der Waals surface area contributed by atoms with Crippen LogP contribution in [0.1, 0.15) is 11.1 Å². The third kappa shape index (κ3) is 2.25. The predicted octanol–water partition coefficient (Wildman–Crippen LogP) is 3.05. The summed E-state index contributed by atoms with van der Waals surface area (Å²) in [6.45, 7) is 0.687. The van der Waals surface area contributed by atoms with Crippen molar-refractivity contribution < 1.29 is 4.79 Å². The van der Waals surface area contributed by atoms with Crippen LogP contribution in [0.3, 0.4) is 0 Å². The molecule has 0 bridgehead atoms. The van der Waals surface area contributed by atoms with Gasteiger partial charge in [0.1, 0.15) is 0 Å². The minimum Gasteiger partial charge on any atom is -0.397 e. The van der Waals surface area contributed by atoms with Crippen LogP contribution in [0.2, 0.25) is 5.02 Å². The topological polar surface area (TPSA) is 46.3 Å². The maximum Gasteiger partial charge on any atom is 0.231 e. The Morgan fingerprint density at radius 1 is 1.20 bits per heavy atom. The van der Waals surface area contributed by atoms with E-state index >= 15 is 0 Å². The van der Waals surface area contributed by atoms with Crippen LogP contribution >= 0.6 is 11.6 Å². The molecule has 2 aromatic carbocycles. The van der Waals surface area contributed by atoms with Gasteiger partial charge in [0.2, 0.25) is 5.91 Å². The number of hydrogen-bond acceptors (Lipinski definition) is 2. The van der Waals surface area contributed by atoms with Crippen molar-refractivity contribution >= 4 is 28.9 Å². The van der Waals surface area contributed by atoms with Gasteiger partial charge in [-0.25, -0.2) is 0 Å². The van der Waals surface area contributed by atoms with E-state index < -0.39 is 0 Å². The van der Waals surface area contributed by atoms with Crippen LogP contribution in [0.4, 0.5) is 11.4 Å². The molecular weight excluding hydrogens is 272 g/mol. The van der Waals surface area contributed by atoms with E-state index in [-0.39, 0.29) is 5.91 Å². The number of carbonyl (C=O) groups excluding carboxylic acids is 1. The van der Waals surface area contributed by atoms with Crippen LogP contribution in [0.5, 0.6) is 0 Å². The SMILES string of the molecule is Nc1cccc2c1N(C(=O)Cc1ccccc1Cl)CC2. The van der Waals surface area contributed by atoms with Gasteiger partial charge in [0.15, 0.2) is 0 Å². The number of fused-ring (bicyclic) bond motifs is 1. The first-order chi connectivity index (χ1) is 9.66. The first-order valence-electron chi connectivity index (χ1n) is 6.58. The van der Waals surface area contributed by atoms with Gasteiger partial charge < -0.3 is 10.6 Å². The Hall–Kier alpha value is -2.00. The third-order valence-electron chi connectivity index (χ3n) is 3.63. The summed E-state index contributed by atoms with van der Waals surface area (Å²) in [6, 6.07) is 13.2. The van der Waals surface area contributed by atoms with Gasteiger partial charge in [0.05, 0.1) is 17.8 Å². The summed E-state index contributed by atoms with van der Waals surface area (Å²) in [4.78, 5) is 14.3. The van der Waals surface area contributed by atoms with Crippen LogP contribution in [0.15, 0.2) is 42.5 Å². The van der Waals surface area contributed by atoms with E-state index in [1.54, 1.807) is 11.0 Å². The molecule has 1 amide bonds. The number of carbonyl (C=O) groups is 1. The Bertz CT molecular complexity index is 669. The largest absolute Gasteiger partial charge is 0.397 e. The molecule has 1 aliphatic heterocycles. The Balaban J connectivity index is 1.86. The molecule has 0 saturated heterocycles. The van der Waals surface area contributed by atoms with E-state index in [0.717, 1.165) is 23.2 Å². The van der Waals surface area contributed by atoms with Crippen LogP contribution in [-0.4, -0.2) is 12.5 Å². The lowest BCUT2D eigenvalue weighted by Crippen LogP contribution is -2.31. The number of nitrogens with two attached hydrogens (primary N) is 1. The molecule has 0 saturated carbocycles. The molecule has 0 atom stereocenters. The molecule has 0 radical (unpaired) electrons. The van der Waals surface area contributed by atoms with Gasteiger partial charge in [-0.15, -0.1) is 0 Å². The van der Waals surface area contributed by atoms with Gasteiger partial charge in [0, 0.05) is 11.6 Å². The van der Waals surface area contributed by atoms with Crippen molar-refractivity contribution in [2.75, 3.05) is 17.2 Å². The average molecular weight is 287 g/mol. The summed E-state index contributed by atoms with van der Waals surface area (Å²) in [5, 5.41) is 0.626. The number of nitrogen functional groups attached to an aromatic ring is 1. The molecule has 20 heavy (non-hydrogen) atoms. The molecule has 0 aliphatic carbocycles. The Labute approximate surface area is 123 Å². The van der Waals surface area contributed by atoms with E-state index in [1.165, 1.54) is 0 Å². The fourth-order valence-electron chi connectivity index (χ4n) is 2.64. The highest BCUT2D eigenvalue weighted by molar-refractivity contribution is 6.31. The number of hydrogen-bond donors (Lipinski definition) is 1. The van der Waals surface area contributed by atoms with E-state index in [0.29, 0.717) is 23.7 Å². The van der Waals surface area contributed by atoms with Gasteiger partial charge in [-0.2, -0.15) is 0 Å². The monoisotopic (exact) mass is 286 g/mol. The average Bonchev–Trinajstić information content (AvgIpc) is 2.87. The first kappa shape index (κ1) is 13.0. The third-order valence-corrected chi connectivity index (χ3v) is 3.99. The number of amides is 1. The minimum atomic E-state index is 0.0368. The Morgan fingerprint density at radius 2 is 2.00 bits per heavy atom. The zero-order valence-electron chi connectivity index (χ0n) is 11.0. The van der Waals surface area contributed by atoms with Crippen molar-refractivity contribution in [2.24, 2.45) is 0 Å². The number of halogens is 1. The van der Waals surface area contributed by atoms with Gasteiger partial charge in [-0.1, -0.05) is 41.9 Å². The van der Waals surface area contributed by atoms with Crippen molar-refractivity contribution in [1.82, 2.24) is 0 Å². The summed E-state index contributed by atoms with van der Waals surface area (Å²) >= 11 is 6.11. The van der Waals surface area contributed by atoms with E-state index in [4.69, 9.17) is 17.3 Å². The molecule has 1 aliphatic rings. The van der Waals surface area contributed by atoms with Crippen LogP contribution in [0.25, 0.3) is 0 Å². The van der Waals surface area contributed by atoms with Gasteiger partial charge in [-0.05, 0) is 29.7 Å². The first-order valence-corrected chi connectivity index (χ1v) is 6.96. The summed E-state index contributed by atoms with van der Waals surface area (Å²) in [5.74, 6) is 0.0368. The van der Waals surface area contributed by atoms with Crippen molar-refractivity contribution in [1.29, 1.82) is 0 Å². The lowest BCUT2D eigenvalue weighted by atomic mass is 10.1. The van der Waals surface area contributed by atoms with Gasteiger partial charge >= 0.3 is 0 Å². The number of nitrogens with zero attached hydrogens (tertiary/aromatic N) is 1. The molecule has 0 fully saturated rings. The zero-order valence-corrected chi connectivity index (χ0v) is 11.7. The normalized spacial score (nSPS) is 13.3. The van der Waals surface area contributed by atoms with Crippen LogP contribution < -0.4 is 10.6 Å². The molecule has 0 spiro atoms. The molecule has 2 aromatic rings. The molecule has 2 N–H and O–H groups in total. The zero-order chi connectivity index (χ0) is 14.1. The lowest BCUT2D eigenvalue weighted by Gasteiger charge is -2.19. The van der Waals surface area contributed by atoms with Crippen molar-refractivity contribution in [3.05, 3.63) is 58.6 Å². The molecule has 3 nitrogen and oxygen atoms in total. The smallest absolute Gasteiger partial charge is 0.231 e. The fraction of sp³-hybridized carbons (Fsp3) is 0.188. The Kier molecular flexibility index (Phi) is 3.36. The highest BCUT2D eigenvalue weighted by Gasteiger charge is 2.26. The Morgan fingerprint density at radius 3 is 2.80 bits per heavy atom. The second-order valence-corrected chi connectivity index (χ2v) is 5.33. The van der Waals surface area contributed by atoms with Crippen molar-refractivity contribution in [2.45, 2.75) is 12.8 Å². The molecule has 0 aromatic heterocycles. The second kappa shape index (κ2) is 5.17. The molecule has 102 valence electrons. The fourth-order valence-corrected chi connectivity index (χ4v) is 2.84. The summed E-state index contributed by atoms with van der Waals surface area (Å²) in [7, 11) is 0. The summed E-state index contributed by atoms with van der Waals surface area (Å²) in [5.41, 5.74) is 9.51. The van der Waals surface area contributed by atoms with Crippen LogP contribution in [0, 0.1) is 0 Å². The predicted molar refractivity (Wildman–Crippen MR) is 82.1 cm³/mol. The number of para-hydroxylation sites is 1. The number of rotatable bonds is 2. The highest BCUT2D eigenvalue weighted by Crippen LogP contribution is 2.34. The van der Waals surface area contributed by atoms with E-state index in [2.05, 4.69) is 0 Å². The number of benzene rings is 2. The van der Waals surface area contributed by atoms with E-state index in [1.807, 2.05) is 36.4 Å².